The van der Waals surface area contributed by atoms with Crippen molar-refractivity contribution in [3.8, 4) is 0 Å². The minimum Gasteiger partial charge on any atom is -0.229 e. The molecular formula is C10H19ClO2S. The van der Waals surface area contributed by atoms with Crippen LogP contribution < -0.4 is 0 Å². The van der Waals surface area contributed by atoms with Crippen LogP contribution in [0.15, 0.2) is 0 Å². The number of hydrogen-bond donors (Lipinski definition) is 0. The van der Waals surface area contributed by atoms with Gasteiger partial charge in [-0.3, -0.25) is 0 Å². The average Bonchev–Trinajstić information content (AvgIpc) is 2.48. The van der Waals surface area contributed by atoms with E-state index in [0.29, 0.717) is 29.2 Å². The van der Waals surface area contributed by atoms with Crippen LogP contribution in [-0.4, -0.2) is 25.8 Å². The summed E-state index contributed by atoms with van der Waals surface area (Å²) in [6, 6.07) is 0. The molecule has 0 radical (unpaired) electrons. The Labute approximate surface area is 91.9 Å². The Morgan fingerprint density at radius 2 is 2.21 bits per heavy atom. The third-order valence-corrected chi connectivity index (χ3v) is 5.25. The van der Waals surface area contributed by atoms with Crippen LogP contribution >= 0.6 is 11.6 Å². The van der Waals surface area contributed by atoms with Crippen molar-refractivity contribution in [1.82, 2.24) is 0 Å². The minimum absolute atomic E-state index is 0.323. The Morgan fingerprint density at radius 1 is 1.50 bits per heavy atom. The molecule has 2 unspecified atom stereocenters. The lowest BCUT2D eigenvalue weighted by atomic mass is 9.89. The van der Waals surface area contributed by atoms with E-state index in [1.807, 2.05) is 0 Å². The highest BCUT2D eigenvalue weighted by Crippen LogP contribution is 2.30. The number of rotatable bonds is 5. The number of sulfone groups is 1. The van der Waals surface area contributed by atoms with Gasteiger partial charge in [-0.2, -0.15) is 0 Å². The Bertz CT molecular complexity index is 261. The van der Waals surface area contributed by atoms with Gasteiger partial charge in [0.05, 0.1) is 11.5 Å². The van der Waals surface area contributed by atoms with Gasteiger partial charge in [-0.15, -0.1) is 11.6 Å². The van der Waals surface area contributed by atoms with Crippen molar-refractivity contribution in [3.63, 3.8) is 0 Å². The fraction of sp³-hybridized carbons (Fsp3) is 1.00. The van der Waals surface area contributed by atoms with Crippen LogP contribution in [0.25, 0.3) is 0 Å². The quantitative estimate of drug-likeness (QED) is 0.690. The van der Waals surface area contributed by atoms with Crippen molar-refractivity contribution in [2.45, 2.75) is 32.6 Å². The number of hydrogen-bond acceptors (Lipinski definition) is 2. The van der Waals surface area contributed by atoms with Gasteiger partial charge in [0, 0.05) is 5.88 Å². The molecule has 0 spiro atoms. The first-order chi connectivity index (χ1) is 6.59. The Kier molecular flexibility index (Phi) is 4.71. The van der Waals surface area contributed by atoms with Gasteiger partial charge in [-0.1, -0.05) is 19.8 Å². The van der Waals surface area contributed by atoms with Crippen LogP contribution in [-0.2, 0) is 9.84 Å². The monoisotopic (exact) mass is 238 g/mol. The second-order valence-corrected chi connectivity index (χ2v) is 6.76. The summed E-state index contributed by atoms with van der Waals surface area (Å²) in [5, 5.41) is 0. The first kappa shape index (κ1) is 12.3. The molecule has 14 heavy (non-hydrogen) atoms. The maximum absolute atomic E-state index is 11.3. The van der Waals surface area contributed by atoms with Crippen LogP contribution in [0.3, 0.4) is 0 Å². The summed E-state index contributed by atoms with van der Waals surface area (Å²) in [6.45, 7) is 2.15. The Morgan fingerprint density at radius 3 is 2.64 bits per heavy atom. The number of halogens is 1. The van der Waals surface area contributed by atoms with Gasteiger partial charge in [0.15, 0.2) is 9.84 Å². The van der Waals surface area contributed by atoms with E-state index in [2.05, 4.69) is 6.92 Å². The van der Waals surface area contributed by atoms with Crippen molar-refractivity contribution in [1.29, 1.82) is 0 Å². The van der Waals surface area contributed by atoms with Gasteiger partial charge in [-0.05, 0) is 24.7 Å². The highest BCUT2D eigenvalue weighted by molar-refractivity contribution is 7.91. The molecule has 0 aliphatic carbocycles. The summed E-state index contributed by atoms with van der Waals surface area (Å²) < 4.78 is 22.6. The zero-order valence-corrected chi connectivity index (χ0v) is 10.3. The highest BCUT2D eigenvalue weighted by Gasteiger charge is 2.32. The van der Waals surface area contributed by atoms with E-state index in [1.54, 1.807) is 0 Å². The number of alkyl halides is 1. The molecule has 0 aromatic heterocycles. The SMILES string of the molecule is CCCCC(CCl)C1CCS(=O)(=O)C1. The van der Waals surface area contributed by atoms with E-state index in [9.17, 15) is 8.42 Å². The molecule has 2 atom stereocenters. The molecular weight excluding hydrogens is 220 g/mol. The van der Waals surface area contributed by atoms with Crippen molar-refractivity contribution in [2.24, 2.45) is 11.8 Å². The standard InChI is InChI=1S/C10H19ClO2S/c1-2-3-4-9(7-11)10-5-6-14(12,13)8-10/h9-10H,2-8H2,1H3. The molecule has 0 aromatic rings. The summed E-state index contributed by atoms with van der Waals surface area (Å²) >= 11 is 5.88. The van der Waals surface area contributed by atoms with Gasteiger partial charge >= 0.3 is 0 Å². The van der Waals surface area contributed by atoms with Gasteiger partial charge in [0.1, 0.15) is 0 Å². The lowest BCUT2D eigenvalue weighted by Gasteiger charge is -2.19. The fourth-order valence-electron chi connectivity index (χ4n) is 2.10. The molecule has 0 aromatic carbocycles. The second-order valence-electron chi connectivity index (χ2n) is 4.22. The number of unbranched alkanes of at least 4 members (excludes halogenated alkanes) is 1. The molecule has 84 valence electrons. The van der Waals surface area contributed by atoms with E-state index in [0.717, 1.165) is 25.7 Å². The van der Waals surface area contributed by atoms with Crippen LogP contribution in [0.1, 0.15) is 32.6 Å². The topological polar surface area (TPSA) is 34.1 Å². The molecule has 0 bridgehead atoms. The largest absolute Gasteiger partial charge is 0.229 e. The van der Waals surface area contributed by atoms with Gasteiger partial charge in [-0.25, -0.2) is 8.42 Å². The maximum atomic E-state index is 11.3. The van der Waals surface area contributed by atoms with E-state index in [-0.39, 0.29) is 0 Å². The smallest absolute Gasteiger partial charge is 0.150 e. The van der Waals surface area contributed by atoms with Crippen molar-refractivity contribution in [3.05, 3.63) is 0 Å². The molecule has 4 heteroatoms. The molecule has 2 nitrogen and oxygen atoms in total. The van der Waals surface area contributed by atoms with Crippen molar-refractivity contribution in [2.75, 3.05) is 17.4 Å². The van der Waals surface area contributed by atoms with E-state index < -0.39 is 9.84 Å². The summed E-state index contributed by atoms with van der Waals surface area (Å²) in [6.07, 6.45) is 4.23. The van der Waals surface area contributed by atoms with Crippen molar-refractivity contribution < 1.29 is 8.42 Å². The molecule has 0 N–H and O–H groups in total. The average molecular weight is 239 g/mol. The lowest BCUT2D eigenvalue weighted by molar-refractivity contribution is 0.366. The van der Waals surface area contributed by atoms with Crippen LogP contribution in [0, 0.1) is 11.8 Å². The lowest BCUT2D eigenvalue weighted by Crippen LogP contribution is -2.17. The highest BCUT2D eigenvalue weighted by atomic mass is 35.5. The summed E-state index contributed by atoms with van der Waals surface area (Å²) in [5.41, 5.74) is 0. The zero-order valence-electron chi connectivity index (χ0n) is 8.71. The fourth-order valence-corrected chi connectivity index (χ4v) is 4.43. The third kappa shape index (κ3) is 3.43. The van der Waals surface area contributed by atoms with Crippen LogP contribution in [0.4, 0.5) is 0 Å². The van der Waals surface area contributed by atoms with E-state index in [4.69, 9.17) is 11.6 Å². The van der Waals surface area contributed by atoms with Gasteiger partial charge in [0.25, 0.3) is 0 Å². The molecule has 0 saturated carbocycles. The molecule has 1 saturated heterocycles. The molecule has 1 rings (SSSR count). The first-order valence-electron chi connectivity index (χ1n) is 5.35. The third-order valence-electron chi connectivity index (χ3n) is 3.06. The summed E-state index contributed by atoms with van der Waals surface area (Å²) in [5.74, 6) is 2.09. The Hall–Kier alpha value is 0.240. The summed E-state index contributed by atoms with van der Waals surface area (Å²) in [7, 11) is -2.73. The molecule has 1 aliphatic rings. The normalized spacial score (nSPS) is 27.7. The van der Waals surface area contributed by atoms with Crippen molar-refractivity contribution >= 4 is 21.4 Å². The van der Waals surface area contributed by atoms with Crippen LogP contribution in [0.2, 0.25) is 0 Å². The predicted octanol–water partition coefficient (Wildman–Crippen LogP) is 2.47. The summed E-state index contributed by atoms with van der Waals surface area (Å²) in [4.78, 5) is 0. The second kappa shape index (κ2) is 5.36. The van der Waals surface area contributed by atoms with Crippen LogP contribution in [0.5, 0.6) is 0 Å². The molecule has 0 amide bonds. The van der Waals surface area contributed by atoms with Gasteiger partial charge < -0.3 is 0 Å². The predicted molar refractivity (Wildman–Crippen MR) is 60.5 cm³/mol. The maximum Gasteiger partial charge on any atom is 0.150 e. The van der Waals surface area contributed by atoms with E-state index >= 15 is 0 Å². The Balaban J connectivity index is 2.46. The molecule has 1 heterocycles. The van der Waals surface area contributed by atoms with E-state index in [1.165, 1.54) is 0 Å². The molecule has 1 aliphatic heterocycles. The zero-order chi connectivity index (χ0) is 10.6. The molecule has 1 fully saturated rings. The minimum atomic E-state index is -2.73. The first-order valence-corrected chi connectivity index (χ1v) is 7.71. The van der Waals surface area contributed by atoms with Gasteiger partial charge in [0.2, 0.25) is 0 Å².